The van der Waals surface area contributed by atoms with Crippen LogP contribution in [0, 0.1) is 6.92 Å². The van der Waals surface area contributed by atoms with E-state index in [1.807, 2.05) is 0 Å². The number of allylic oxidation sites excluding steroid dienone is 4. The van der Waals surface area contributed by atoms with Gasteiger partial charge in [-0.05, 0) is 42.5 Å². The summed E-state index contributed by atoms with van der Waals surface area (Å²) in [6, 6.07) is 19.5. The SMILES string of the molecule is CC1=CC(c2ccccc2)=C(c2ccc(C)cc2)C1. The van der Waals surface area contributed by atoms with E-state index >= 15 is 0 Å². The molecule has 0 atom stereocenters. The van der Waals surface area contributed by atoms with Crippen molar-refractivity contribution in [1.82, 2.24) is 0 Å². The van der Waals surface area contributed by atoms with Crippen LogP contribution >= 0.6 is 0 Å². The molecule has 0 nitrogen and oxygen atoms in total. The molecule has 3 rings (SSSR count). The summed E-state index contributed by atoms with van der Waals surface area (Å²) < 4.78 is 0. The Bertz CT molecular complexity index is 640. The van der Waals surface area contributed by atoms with E-state index in [1.165, 1.54) is 33.4 Å². The first kappa shape index (κ1) is 12.0. The molecule has 0 heteroatoms. The molecule has 0 unspecified atom stereocenters. The second-order valence-corrected chi connectivity index (χ2v) is 5.29. The molecule has 0 N–H and O–H groups in total. The van der Waals surface area contributed by atoms with Gasteiger partial charge in [0.15, 0.2) is 0 Å². The monoisotopic (exact) mass is 246 g/mol. The van der Waals surface area contributed by atoms with Crippen molar-refractivity contribution in [3.05, 3.63) is 82.9 Å². The van der Waals surface area contributed by atoms with Crippen molar-refractivity contribution in [3.63, 3.8) is 0 Å². The van der Waals surface area contributed by atoms with Gasteiger partial charge >= 0.3 is 0 Å². The van der Waals surface area contributed by atoms with Gasteiger partial charge in [0.1, 0.15) is 0 Å². The molecule has 0 saturated carbocycles. The lowest BCUT2D eigenvalue weighted by Gasteiger charge is -2.08. The summed E-state index contributed by atoms with van der Waals surface area (Å²) in [7, 11) is 0. The maximum absolute atomic E-state index is 2.32. The Hall–Kier alpha value is -2.08. The topological polar surface area (TPSA) is 0 Å². The molecule has 0 aromatic heterocycles. The fourth-order valence-corrected chi connectivity index (χ4v) is 2.65. The molecule has 0 aliphatic heterocycles. The Labute approximate surface area is 115 Å². The Balaban J connectivity index is 2.10. The Morgan fingerprint density at radius 2 is 1.42 bits per heavy atom. The molecular formula is C19H18. The molecule has 0 spiro atoms. The van der Waals surface area contributed by atoms with Crippen LogP contribution < -0.4 is 0 Å². The fraction of sp³-hybridized carbons (Fsp3) is 0.158. The molecule has 1 aliphatic carbocycles. The first-order chi connectivity index (χ1) is 9.24. The third-order valence-electron chi connectivity index (χ3n) is 3.66. The third-order valence-corrected chi connectivity index (χ3v) is 3.66. The van der Waals surface area contributed by atoms with E-state index in [0.29, 0.717) is 0 Å². The minimum Gasteiger partial charge on any atom is -0.0683 e. The van der Waals surface area contributed by atoms with Crippen LogP contribution in [0.3, 0.4) is 0 Å². The predicted octanol–water partition coefficient (Wildman–Crippen LogP) is 5.26. The van der Waals surface area contributed by atoms with Gasteiger partial charge in [-0.3, -0.25) is 0 Å². The van der Waals surface area contributed by atoms with Gasteiger partial charge in [-0.15, -0.1) is 0 Å². The molecule has 2 aromatic carbocycles. The summed E-state index contributed by atoms with van der Waals surface area (Å²) in [4.78, 5) is 0. The largest absolute Gasteiger partial charge is 0.0683 e. The van der Waals surface area contributed by atoms with E-state index in [1.54, 1.807) is 0 Å². The third kappa shape index (κ3) is 2.39. The Kier molecular flexibility index (Phi) is 3.08. The number of benzene rings is 2. The molecule has 0 saturated heterocycles. The minimum absolute atomic E-state index is 1.06. The predicted molar refractivity (Wildman–Crippen MR) is 82.8 cm³/mol. The number of rotatable bonds is 2. The molecule has 94 valence electrons. The summed E-state index contributed by atoms with van der Waals surface area (Å²) >= 11 is 0. The summed E-state index contributed by atoms with van der Waals surface area (Å²) in [5.74, 6) is 0. The number of hydrogen-bond acceptors (Lipinski definition) is 0. The van der Waals surface area contributed by atoms with E-state index < -0.39 is 0 Å². The molecule has 2 aromatic rings. The lowest BCUT2D eigenvalue weighted by atomic mass is 9.96. The van der Waals surface area contributed by atoms with Crippen molar-refractivity contribution < 1.29 is 0 Å². The molecule has 19 heavy (non-hydrogen) atoms. The van der Waals surface area contributed by atoms with Crippen LogP contribution in [0.1, 0.15) is 30.0 Å². The van der Waals surface area contributed by atoms with Gasteiger partial charge < -0.3 is 0 Å². The standard InChI is InChI=1S/C19H18/c1-14-8-10-17(11-9-14)19-13-15(2)12-18(19)16-6-4-3-5-7-16/h3-12H,13H2,1-2H3. The highest BCUT2D eigenvalue weighted by atomic mass is 14.2. The van der Waals surface area contributed by atoms with Crippen LogP contribution in [-0.4, -0.2) is 0 Å². The van der Waals surface area contributed by atoms with Gasteiger partial charge in [0.2, 0.25) is 0 Å². The lowest BCUT2D eigenvalue weighted by molar-refractivity contribution is 1.26. The van der Waals surface area contributed by atoms with Gasteiger partial charge in [0.05, 0.1) is 0 Å². The molecular weight excluding hydrogens is 228 g/mol. The quantitative estimate of drug-likeness (QED) is 0.678. The van der Waals surface area contributed by atoms with Crippen molar-refractivity contribution in [2.75, 3.05) is 0 Å². The van der Waals surface area contributed by atoms with E-state index in [4.69, 9.17) is 0 Å². The zero-order valence-electron chi connectivity index (χ0n) is 11.5. The first-order valence-electron chi connectivity index (χ1n) is 6.77. The van der Waals surface area contributed by atoms with Crippen molar-refractivity contribution >= 4 is 11.1 Å². The Morgan fingerprint density at radius 3 is 2.11 bits per heavy atom. The maximum Gasteiger partial charge on any atom is -0.00544 e. The van der Waals surface area contributed by atoms with Crippen LogP contribution in [0.2, 0.25) is 0 Å². The van der Waals surface area contributed by atoms with Crippen molar-refractivity contribution in [2.45, 2.75) is 20.3 Å². The van der Waals surface area contributed by atoms with Crippen LogP contribution in [0.15, 0.2) is 66.2 Å². The molecule has 0 bridgehead atoms. The van der Waals surface area contributed by atoms with Crippen molar-refractivity contribution in [2.24, 2.45) is 0 Å². The van der Waals surface area contributed by atoms with Gasteiger partial charge in [-0.1, -0.05) is 71.8 Å². The highest BCUT2D eigenvalue weighted by Crippen LogP contribution is 2.38. The summed E-state index contributed by atoms with van der Waals surface area (Å²) in [5, 5.41) is 0. The summed E-state index contributed by atoms with van der Waals surface area (Å²) in [6.45, 7) is 4.35. The van der Waals surface area contributed by atoms with Crippen LogP contribution in [0.5, 0.6) is 0 Å². The first-order valence-corrected chi connectivity index (χ1v) is 6.77. The molecule has 0 radical (unpaired) electrons. The van der Waals surface area contributed by atoms with E-state index in [-0.39, 0.29) is 0 Å². The number of hydrogen-bond donors (Lipinski definition) is 0. The van der Waals surface area contributed by atoms with Crippen LogP contribution in [-0.2, 0) is 0 Å². The molecule has 1 aliphatic rings. The highest BCUT2D eigenvalue weighted by Gasteiger charge is 2.16. The lowest BCUT2D eigenvalue weighted by Crippen LogP contribution is -1.87. The van der Waals surface area contributed by atoms with Gasteiger partial charge in [-0.2, -0.15) is 0 Å². The number of aryl methyl sites for hydroxylation is 1. The molecule has 0 fully saturated rings. The van der Waals surface area contributed by atoms with Crippen molar-refractivity contribution in [1.29, 1.82) is 0 Å². The van der Waals surface area contributed by atoms with Gasteiger partial charge in [-0.25, -0.2) is 0 Å². The Morgan fingerprint density at radius 1 is 0.737 bits per heavy atom. The highest BCUT2D eigenvalue weighted by molar-refractivity contribution is 5.99. The van der Waals surface area contributed by atoms with E-state index in [9.17, 15) is 0 Å². The molecule has 0 amide bonds. The second kappa shape index (κ2) is 4.89. The van der Waals surface area contributed by atoms with Crippen LogP contribution in [0.4, 0.5) is 0 Å². The second-order valence-electron chi connectivity index (χ2n) is 5.29. The normalized spacial score (nSPS) is 14.7. The fourth-order valence-electron chi connectivity index (χ4n) is 2.65. The van der Waals surface area contributed by atoms with Gasteiger partial charge in [0, 0.05) is 0 Å². The summed E-state index contributed by atoms with van der Waals surface area (Å²) in [6.07, 6.45) is 3.39. The summed E-state index contributed by atoms with van der Waals surface area (Å²) in [5.41, 5.74) is 8.24. The smallest absolute Gasteiger partial charge is 0.00544 e. The molecule has 0 heterocycles. The van der Waals surface area contributed by atoms with Crippen LogP contribution in [0.25, 0.3) is 11.1 Å². The maximum atomic E-state index is 2.32. The van der Waals surface area contributed by atoms with E-state index in [2.05, 4.69) is 74.5 Å². The average molecular weight is 246 g/mol. The van der Waals surface area contributed by atoms with E-state index in [0.717, 1.165) is 6.42 Å². The average Bonchev–Trinajstić information content (AvgIpc) is 2.83. The zero-order valence-corrected chi connectivity index (χ0v) is 11.5. The van der Waals surface area contributed by atoms with Gasteiger partial charge in [0.25, 0.3) is 0 Å². The minimum atomic E-state index is 1.06. The zero-order chi connectivity index (χ0) is 13.2. The van der Waals surface area contributed by atoms with Crippen molar-refractivity contribution in [3.8, 4) is 0 Å².